The van der Waals surface area contributed by atoms with Crippen LogP contribution in [0.25, 0.3) is 0 Å². The van der Waals surface area contributed by atoms with E-state index in [1.807, 2.05) is 19.0 Å². The molecule has 1 rings (SSSR count). The number of alkyl halides is 1. The molecule has 0 aromatic rings. The lowest BCUT2D eigenvalue weighted by Crippen LogP contribution is -2.51. The predicted octanol–water partition coefficient (Wildman–Crippen LogP) is 2.01. The highest BCUT2D eigenvalue weighted by Gasteiger charge is 2.31. The van der Waals surface area contributed by atoms with Crippen LogP contribution < -0.4 is 0 Å². The Morgan fingerprint density at radius 2 is 1.93 bits per heavy atom. The van der Waals surface area contributed by atoms with Crippen LogP contribution in [0.15, 0.2) is 0 Å². The van der Waals surface area contributed by atoms with E-state index in [2.05, 4.69) is 25.7 Å². The number of rotatable bonds is 2. The SMILES string of the molecule is CN(C)C1CCN(CC(C)(C)C)CC1F. The van der Waals surface area contributed by atoms with Gasteiger partial charge in [0.25, 0.3) is 0 Å². The van der Waals surface area contributed by atoms with Crippen molar-refractivity contribution in [3.05, 3.63) is 0 Å². The number of halogens is 1. The van der Waals surface area contributed by atoms with Crippen molar-refractivity contribution in [2.75, 3.05) is 33.7 Å². The quantitative estimate of drug-likeness (QED) is 0.696. The van der Waals surface area contributed by atoms with Crippen molar-refractivity contribution in [3.8, 4) is 0 Å². The molecule has 0 saturated carbocycles. The zero-order valence-corrected chi connectivity index (χ0v) is 10.8. The summed E-state index contributed by atoms with van der Waals surface area (Å²) in [5, 5.41) is 0. The van der Waals surface area contributed by atoms with E-state index in [0.717, 1.165) is 19.5 Å². The van der Waals surface area contributed by atoms with Crippen molar-refractivity contribution in [2.45, 2.75) is 39.4 Å². The lowest BCUT2D eigenvalue weighted by molar-refractivity contribution is 0.0426. The van der Waals surface area contributed by atoms with Gasteiger partial charge in [-0.2, -0.15) is 0 Å². The average Bonchev–Trinajstić information content (AvgIpc) is 1.99. The van der Waals surface area contributed by atoms with E-state index in [4.69, 9.17) is 0 Å². The molecule has 0 bridgehead atoms. The Balaban J connectivity index is 2.44. The molecular formula is C12H25FN2. The molecule has 1 fully saturated rings. The first-order valence-corrected chi connectivity index (χ1v) is 5.82. The van der Waals surface area contributed by atoms with E-state index in [0.29, 0.717) is 6.54 Å². The molecular weight excluding hydrogens is 191 g/mol. The van der Waals surface area contributed by atoms with Crippen LogP contribution in [-0.2, 0) is 0 Å². The normalized spacial score (nSPS) is 29.8. The third-order valence-electron chi connectivity index (χ3n) is 2.95. The number of nitrogens with zero attached hydrogens (tertiary/aromatic N) is 2. The summed E-state index contributed by atoms with van der Waals surface area (Å²) in [5.74, 6) is 0. The molecule has 0 amide bonds. The van der Waals surface area contributed by atoms with Gasteiger partial charge in [0.2, 0.25) is 0 Å². The van der Waals surface area contributed by atoms with Crippen LogP contribution in [0.1, 0.15) is 27.2 Å². The van der Waals surface area contributed by atoms with Crippen LogP contribution in [0.4, 0.5) is 4.39 Å². The molecule has 15 heavy (non-hydrogen) atoms. The van der Waals surface area contributed by atoms with E-state index in [1.165, 1.54) is 0 Å². The third-order valence-corrected chi connectivity index (χ3v) is 2.95. The van der Waals surface area contributed by atoms with Gasteiger partial charge in [-0.1, -0.05) is 20.8 Å². The van der Waals surface area contributed by atoms with E-state index >= 15 is 0 Å². The molecule has 0 spiro atoms. The lowest BCUT2D eigenvalue weighted by Gasteiger charge is -2.40. The van der Waals surface area contributed by atoms with Gasteiger partial charge in [0.05, 0.1) is 0 Å². The van der Waals surface area contributed by atoms with E-state index in [9.17, 15) is 4.39 Å². The maximum absolute atomic E-state index is 13.8. The van der Waals surface area contributed by atoms with Gasteiger partial charge in [0, 0.05) is 19.1 Å². The van der Waals surface area contributed by atoms with Crippen LogP contribution >= 0.6 is 0 Å². The molecule has 3 heteroatoms. The average molecular weight is 216 g/mol. The van der Waals surface area contributed by atoms with Gasteiger partial charge < -0.3 is 4.90 Å². The van der Waals surface area contributed by atoms with Gasteiger partial charge in [0.1, 0.15) is 6.17 Å². The Kier molecular flexibility index (Phi) is 4.13. The van der Waals surface area contributed by atoms with Crippen LogP contribution in [0.5, 0.6) is 0 Å². The Morgan fingerprint density at radius 3 is 2.33 bits per heavy atom. The summed E-state index contributed by atoms with van der Waals surface area (Å²) in [5.41, 5.74) is 0.269. The number of piperidine rings is 1. The zero-order valence-electron chi connectivity index (χ0n) is 10.8. The monoisotopic (exact) mass is 216 g/mol. The minimum atomic E-state index is -0.698. The Morgan fingerprint density at radius 1 is 1.33 bits per heavy atom. The Hall–Kier alpha value is -0.150. The Bertz CT molecular complexity index is 198. The van der Waals surface area contributed by atoms with Crippen LogP contribution in [0.3, 0.4) is 0 Å². The van der Waals surface area contributed by atoms with Gasteiger partial charge in [-0.15, -0.1) is 0 Å². The zero-order chi connectivity index (χ0) is 11.6. The predicted molar refractivity (Wildman–Crippen MR) is 62.9 cm³/mol. The molecule has 2 nitrogen and oxygen atoms in total. The standard InChI is InChI=1S/C12H25FN2/c1-12(2,3)9-15-7-6-11(14(4)5)10(13)8-15/h10-11H,6-9H2,1-5H3. The maximum Gasteiger partial charge on any atom is 0.128 e. The molecule has 0 aliphatic carbocycles. The highest BCUT2D eigenvalue weighted by Crippen LogP contribution is 2.22. The van der Waals surface area contributed by atoms with Gasteiger partial charge in [0.15, 0.2) is 0 Å². The van der Waals surface area contributed by atoms with Crippen LogP contribution in [-0.4, -0.2) is 55.7 Å². The number of hydrogen-bond acceptors (Lipinski definition) is 2. The van der Waals surface area contributed by atoms with Crippen molar-refractivity contribution >= 4 is 0 Å². The van der Waals surface area contributed by atoms with Gasteiger partial charge >= 0.3 is 0 Å². The van der Waals surface area contributed by atoms with Gasteiger partial charge in [-0.25, -0.2) is 4.39 Å². The fraction of sp³-hybridized carbons (Fsp3) is 1.00. The van der Waals surface area contributed by atoms with Crippen molar-refractivity contribution in [3.63, 3.8) is 0 Å². The summed E-state index contributed by atoms with van der Waals surface area (Å²) in [4.78, 5) is 4.27. The molecule has 0 aromatic heterocycles. The van der Waals surface area contributed by atoms with Crippen LogP contribution in [0, 0.1) is 5.41 Å². The molecule has 1 aliphatic rings. The highest BCUT2D eigenvalue weighted by atomic mass is 19.1. The summed E-state index contributed by atoms with van der Waals surface area (Å²) < 4.78 is 13.8. The molecule has 1 aliphatic heterocycles. The van der Waals surface area contributed by atoms with E-state index in [1.54, 1.807) is 0 Å². The summed E-state index contributed by atoms with van der Waals surface area (Å²) in [6.07, 6.45) is 0.251. The van der Waals surface area contributed by atoms with E-state index < -0.39 is 6.17 Å². The van der Waals surface area contributed by atoms with E-state index in [-0.39, 0.29) is 11.5 Å². The molecule has 0 N–H and O–H groups in total. The lowest BCUT2D eigenvalue weighted by atomic mass is 9.93. The summed E-state index contributed by atoms with van der Waals surface area (Å²) in [7, 11) is 3.94. The smallest absolute Gasteiger partial charge is 0.128 e. The molecule has 1 heterocycles. The van der Waals surface area contributed by atoms with Gasteiger partial charge in [-0.3, -0.25) is 4.90 Å². The summed E-state index contributed by atoms with van der Waals surface area (Å²) in [6, 6.07) is 0.112. The topological polar surface area (TPSA) is 6.48 Å². The maximum atomic E-state index is 13.8. The van der Waals surface area contributed by atoms with Crippen molar-refractivity contribution < 1.29 is 4.39 Å². The van der Waals surface area contributed by atoms with Crippen molar-refractivity contribution in [2.24, 2.45) is 5.41 Å². The molecule has 2 atom stereocenters. The minimum Gasteiger partial charge on any atom is -0.303 e. The first-order valence-electron chi connectivity index (χ1n) is 5.82. The van der Waals surface area contributed by atoms with Crippen molar-refractivity contribution in [1.82, 2.24) is 9.80 Å². The second kappa shape index (κ2) is 4.79. The highest BCUT2D eigenvalue weighted by molar-refractivity contribution is 4.86. The first-order chi connectivity index (χ1) is 6.79. The fourth-order valence-electron chi connectivity index (χ4n) is 2.35. The molecule has 2 unspecified atom stereocenters. The second-order valence-corrected chi connectivity index (χ2v) is 6.13. The molecule has 1 saturated heterocycles. The van der Waals surface area contributed by atoms with Gasteiger partial charge in [-0.05, 0) is 32.5 Å². The van der Waals surface area contributed by atoms with Crippen molar-refractivity contribution in [1.29, 1.82) is 0 Å². The fourth-order valence-corrected chi connectivity index (χ4v) is 2.35. The third kappa shape index (κ3) is 4.07. The molecule has 0 radical (unpaired) electrons. The minimum absolute atomic E-state index is 0.112. The summed E-state index contributed by atoms with van der Waals surface area (Å²) >= 11 is 0. The largest absolute Gasteiger partial charge is 0.303 e. The molecule has 0 aromatic carbocycles. The second-order valence-electron chi connectivity index (χ2n) is 6.13. The number of hydrogen-bond donors (Lipinski definition) is 0. The Labute approximate surface area is 93.4 Å². The van der Waals surface area contributed by atoms with Crippen LogP contribution in [0.2, 0.25) is 0 Å². The summed E-state index contributed by atoms with van der Waals surface area (Å²) in [6.45, 7) is 9.24. The number of likely N-dealkylation sites (tertiary alicyclic amines) is 1. The molecule has 90 valence electrons. The first kappa shape index (κ1) is 12.9.